The molecule has 1 saturated heterocycles. The Kier molecular flexibility index (Phi) is 2.49. The number of hydrogen-bond acceptors (Lipinski definition) is 5. The van der Waals surface area contributed by atoms with Crippen LogP contribution < -0.4 is 10.6 Å². The van der Waals surface area contributed by atoms with Crippen molar-refractivity contribution < 1.29 is 4.74 Å². The van der Waals surface area contributed by atoms with Crippen LogP contribution in [0.15, 0.2) is 12.4 Å². The van der Waals surface area contributed by atoms with Crippen molar-refractivity contribution in [2.75, 3.05) is 30.8 Å². The molecule has 0 saturated carbocycles. The molecule has 1 atom stereocenters. The van der Waals surface area contributed by atoms with E-state index in [0.29, 0.717) is 11.9 Å². The second-order valence-corrected chi connectivity index (χ2v) is 3.39. The van der Waals surface area contributed by atoms with Gasteiger partial charge < -0.3 is 15.4 Å². The van der Waals surface area contributed by atoms with E-state index in [2.05, 4.69) is 14.9 Å². The quantitative estimate of drug-likeness (QED) is 0.732. The molecule has 0 aromatic carbocycles. The van der Waals surface area contributed by atoms with Crippen molar-refractivity contribution in [3.8, 4) is 0 Å². The first-order chi connectivity index (χ1) is 6.79. The standard InChI is InChI=1S/C9H14N4O/c1-14-7-2-3-13(5-7)9-4-8(10)11-6-12-9/h4,6-7H,2-3,5H2,1H3,(H2,10,11,12). The van der Waals surface area contributed by atoms with Crippen molar-refractivity contribution in [1.29, 1.82) is 0 Å². The van der Waals surface area contributed by atoms with Gasteiger partial charge in [-0.1, -0.05) is 0 Å². The lowest BCUT2D eigenvalue weighted by Gasteiger charge is -2.16. The third-order valence-corrected chi connectivity index (χ3v) is 2.48. The van der Waals surface area contributed by atoms with E-state index in [1.165, 1.54) is 6.33 Å². The van der Waals surface area contributed by atoms with Crippen LogP contribution in [0.25, 0.3) is 0 Å². The van der Waals surface area contributed by atoms with Crippen LogP contribution in [0.5, 0.6) is 0 Å². The topological polar surface area (TPSA) is 64.3 Å². The molecule has 5 heteroatoms. The van der Waals surface area contributed by atoms with E-state index < -0.39 is 0 Å². The van der Waals surface area contributed by atoms with Gasteiger partial charge >= 0.3 is 0 Å². The predicted octanol–water partition coefficient (Wildman–Crippen LogP) is 0.284. The Morgan fingerprint density at radius 3 is 3.07 bits per heavy atom. The van der Waals surface area contributed by atoms with E-state index in [4.69, 9.17) is 10.5 Å². The maximum atomic E-state index is 5.58. The zero-order valence-electron chi connectivity index (χ0n) is 8.18. The van der Waals surface area contributed by atoms with Gasteiger partial charge in [0.25, 0.3) is 0 Å². The van der Waals surface area contributed by atoms with Crippen LogP contribution in [-0.4, -0.2) is 36.3 Å². The summed E-state index contributed by atoms with van der Waals surface area (Å²) in [5.74, 6) is 1.40. The Hall–Kier alpha value is -1.36. The van der Waals surface area contributed by atoms with Gasteiger partial charge in [-0.3, -0.25) is 0 Å². The molecule has 0 amide bonds. The molecule has 0 aliphatic carbocycles. The highest BCUT2D eigenvalue weighted by Crippen LogP contribution is 2.19. The minimum atomic E-state index is 0.311. The molecular weight excluding hydrogens is 180 g/mol. The van der Waals surface area contributed by atoms with Crippen molar-refractivity contribution in [2.24, 2.45) is 0 Å². The Morgan fingerprint density at radius 1 is 1.57 bits per heavy atom. The van der Waals surface area contributed by atoms with Crippen molar-refractivity contribution in [1.82, 2.24) is 9.97 Å². The van der Waals surface area contributed by atoms with Gasteiger partial charge in [0.2, 0.25) is 0 Å². The lowest BCUT2D eigenvalue weighted by molar-refractivity contribution is 0.121. The molecule has 2 rings (SSSR count). The molecule has 1 aromatic rings. The van der Waals surface area contributed by atoms with E-state index in [-0.39, 0.29) is 0 Å². The van der Waals surface area contributed by atoms with E-state index in [1.807, 2.05) is 0 Å². The summed E-state index contributed by atoms with van der Waals surface area (Å²) < 4.78 is 5.28. The van der Waals surface area contributed by atoms with Crippen LogP contribution in [0.4, 0.5) is 11.6 Å². The summed E-state index contributed by atoms with van der Waals surface area (Å²) in [6.45, 7) is 1.85. The summed E-state index contributed by atoms with van der Waals surface area (Å²) in [5.41, 5.74) is 5.58. The Labute approximate surface area is 82.9 Å². The van der Waals surface area contributed by atoms with Gasteiger partial charge in [-0.25, -0.2) is 9.97 Å². The third kappa shape index (κ3) is 1.77. The molecule has 1 aliphatic rings. The smallest absolute Gasteiger partial charge is 0.134 e. The second-order valence-electron chi connectivity index (χ2n) is 3.39. The van der Waals surface area contributed by atoms with Crippen LogP contribution in [0.2, 0.25) is 0 Å². The molecule has 1 aliphatic heterocycles. The zero-order valence-corrected chi connectivity index (χ0v) is 8.18. The molecule has 0 radical (unpaired) electrons. The highest BCUT2D eigenvalue weighted by molar-refractivity contribution is 5.46. The summed E-state index contributed by atoms with van der Waals surface area (Å²) in [6, 6.07) is 1.79. The van der Waals surface area contributed by atoms with Gasteiger partial charge in [-0.2, -0.15) is 0 Å². The fourth-order valence-electron chi connectivity index (χ4n) is 1.66. The molecule has 14 heavy (non-hydrogen) atoms. The first kappa shape index (κ1) is 9.21. The van der Waals surface area contributed by atoms with Crippen LogP contribution in [0, 0.1) is 0 Å². The summed E-state index contributed by atoms with van der Waals surface area (Å²) in [5, 5.41) is 0. The van der Waals surface area contributed by atoms with Crippen LogP contribution >= 0.6 is 0 Å². The second kappa shape index (κ2) is 3.79. The minimum absolute atomic E-state index is 0.311. The van der Waals surface area contributed by atoms with Crippen LogP contribution in [-0.2, 0) is 4.74 Å². The maximum absolute atomic E-state index is 5.58. The number of hydrogen-bond donors (Lipinski definition) is 1. The third-order valence-electron chi connectivity index (χ3n) is 2.48. The van der Waals surface area contributed by atoms with E-state index >= 15 is 0 Å². The molecule has 1 aromatic heterocycles. The number of aromatic nitrogens is 2. The molecule has 1 unspecified atom stereocenters. The number of anilines is 2. The number of ether oxygens (including phenoxy) is 1. The number of nitrogen functional groups attached to an aromatic ring is 1. The van der Waals surface area contributed by atoms with Crippen LogP contribution in [0.1, 0.15) is 6.42 Å². The SMILES string of the molecule is COC1CCN(c2cc(N)ncn2)C1. The van der Waals surface area contributed by atoms with Gasteiger partial charge in [-0.15, -0.1) is 0 Å². The molecule has 2 heterocycles. The average Bonchev–Trinajstić information content (AvgIpc) is 2.66. The number of rotatable bonds is 2. The van der Waals surface area contributed by atoms with Crippen molar-refractivity contribution >= 4 is 11.6 Å². The molecule has 1 fully saturated rings. The van der Waals surface area contributed by atoms with Gasteiger partial charge in [0, 0.05) is 26.3 Å². The van der Waals surface area contributed by atoms with E-state index in [0.717, 1.165) is 25.3 Å². The lowest BCUT2D eigenvalue weighted by Crippen LogP contribution is -2.23. The average molecular weight is 194 g/mol. The van der Waals surface area contributed by atoms with Gasteiger partial charge in [0.1, 0.15) is 18.0 Å². The number of nitrogens with zero attached hydrogens (tertiary/aromatic N) is 3. The first-order valence-corrected chi connectivity index (χ1v) is 4.65. The largest absolute Gasteiger partial charge is 0.384 e. The Morgan fingerprint density at radius 2 is 2.43 bits per heavy atom. The van der Waals surface area contributed by atoms with Gasteiger partial charge in [0.05, 0.1) is 6.10 Å². The Bertz CT molecular complexity index is 317. The molecular formula is C9H14N4O. The fourth-order valence-corrected chi connectivity index (χ4v) is 1.66. The number of methoxy groups -OCH3 is 1. The summed E-state index contributed by atoms with van der Waals surface area (Å²) in [6.07, 6.45) is 2.84. The Balaban J connectivity index is 2.09. The van der Waals surface area contributed by atoms with Gasteiger partial charge in [0.15, 0.2) is 0 Å². The van der Waals surface area contributed by atoms with Crippen molar-refractivity contribution in [3.63, 3.8) is 0 Å². The maximum Gasteiger partial charge on any atom is 0.134 e. The molecule has 0 bridgehead atoms. The summed E-state index contributed by atoms with van der Waals surface area (Å²) in [7, 11) is 1.74. The van der Waals surface area contributed by atoms with E-state index in [9.17, 15) is 0 Å². The summed E-state index contributed by atoms with van der Waals surface area (Å²) >= 11 is 0. The molecule has 2 N–H and O–H groups in total. The highest BCUT2D eigenvalue weighted by Gasteiger charge is 2.22. The fraction of sp³-hybridized carbons (Fsp3) is 0.556. The minimum Gasteiger partial charge on any atom is -0.384 e. The lowest BCUT2D eigenvalue weighted by atomic mass is 10.3. The van der Waals surface area contributed by atoms with E-state index in [1.54, 1.807) is 13.2 Å². The van der Waals surface area contributed by atoms with Crippen molar-refractivity contribution in [3.05, 3.63) is 12.4 Å². The molecule has 0 spiro atoms. The molecule has 5 nitrogen and oxygen atoms in total. The summed E-state index contributed by atoms with van der Waals surface area (Å²) in [4.78, 5) is 10.2. The van der Waals surface area contributed by atoms with Crippen molar-refractivity contribution in [2.45, 2.75) is 12.5 Å². The first-order valence-electron chi connectivity index (χ1n) is 4.65. The highest BCUT2D eigenvalue weighted by atomic mass is 16.5. The van der Waals surface area contributed by atoms with Crippen LogP contribution in [0.3, 0.4) is 0 Å². The van der Waals surface area contributed by atoms with Gasteiger partial charge in [-0.05, 0) is 6.42 Å². The normalized spacial score (nSPS) is 21.5. The monoisotopic (exact) mass is 194 g/mol. The predicted molar refractivity (Wildman–Crippen MR) is 54.1 cm³/mol. The molecule has 76 valence electrons. The zero-order chi connectivity index (χ0) is 9.97. The number of nitrogens with two attached hydrogens (primary N) is 1.